The van der Waals surface area contributed by atoms with E-state index in [1.807, 2.05) is 30.3 Å². The van der Waals surface area contributed by atoms with E-state index in [0.29, 0.717) is 30.1 Å². The smallest absolute Gasteiger partial charge is 0.408 e. The number of rotatable bonds is 9. The first-order valence-electron chi connectivity index (χ1n) is 15.3. The third-order valence-electron chi connectivity index (χ3n) is 8.08. The second-order valence-electron chi connectivity index (χ2n) is 12.6. The number of ether oxygens (including phenoxy) is 2. The van der Waals surface area contributed by atoms with E-state index in [-0.39, 0.29) is 29.4 Å². The minimum absolute atomic E-state index is 0.0133. The second kappa shape index (κ2) is 14.0. The van der Waals surface area contributed by atoms with Gasteiger partial charge in [-0.15, -0.1) is 11.3 Å². The summed E-state index contributed by atoms with van der Waals surface area (Å²) in [5.41, 5.74) is 0.909. The molecule has 2 aliphatic rings. The van der Waals surface area contributed by atoms with E-state index in [1.54, 1.807) is 31.1 Å². The lowest BCUT2D eigenvalue weighted by Crippen LogP contribution is -2.53. The summed E-state index contributed by atoms with van der Waals surface area (Å²) in [4.78, 5) is 46.9. The van der Waals surface area contributed by atoms with Gasteiger partial charge < -0.3 is 19.7 Å². The van der Waals surface area contributed by atoms with Crippen molar-refractivity contribution in [2.24, 2.45) is 5.92 Å². The van der Waals surface area contributed by atoms with Crippen molar-refractivity contribution in [1.29, 1.82) is 0 Å². The van der Waals surface area contributed by atoms with Gasteiger partial charge in [0.25, 0.3) is 0 Å². The van der Waals surface area contributed by atoms with Gasteiger partial charge in [0.05, 0.1) is 18.8 Å². The molecule has 3 aromatic rings. The first kappa shape index (κ1) is 31.8. The largest absolute Gasteiger partial charge is 0.444 e. The van der Waals surface area contributed by atoms with Crippen molar-refractivity contribution in [2.75, 3.05) is 6.54 Å². The van der Waals surface area contributed by atoms with Crippen LogP contribution < -0.4 is 5.32 Å². The summed E-state index contributed by atoms with van der Waals surface area (Å²) in [6.07, 6.45) is 4.40. The lowest BCUT2D eigenvalue weighted by molar-refractivity contribution is -0.136. The molecule has 2 aromatic carbocycles. The Hall–Kier alpha value is -3.63. The van der Waals surface area contributed by atoms with E-state index in [2.05, 4.69) is 10.3 Å². The first-order chi connectivity index (χ1) is 21.1. The quantitative estimate of drug-likeness (QED) is 0.263. The van der Waals surface area contributed by atoms with Crippen LogP contribution in [-0.4, -0.2) is 52.0 Å². The molecule has 5 rings (SSSR count). The highest BCUT2D eigenvalue weighted by Gasteiger charge is 2.44. The summed E-state index contributed by atoms with van der Waals surface area (Å²) in [6, 6.07) is 14.0. The predicted octanol–water partition coefficient (Wildman–Crippen LogP) is 6.85. The van der Waals surface area contributed by atoms with Crippen molar-refractivity contribution in [3.8, 4) is 0 Å². The number of likely N-dealkylation sites (tertiary alicyclic amines) is 1. The fourth-order valence-electron chi connectivity index (χ4n) is 5.94. The average Bonchev–Trinajstić information content (AvgIpc) is 3.66. The maximum atomic E-state index is 14.4. The molecule has 1 aliphatic heterocycles. The molecule has 2 heterocycles. The zero-order valence-electron chi connectivity index (χ0n) is 25.5. The molecule has 1 N–H and O–H groups in total. The highest BCUT2D eigenvalue weighted by atomic mass is 32.1. The topological polar surface area (TPSA) is 97.8 Å². The maximum absolute atomic E-state index is 14.4. The maximum Gasteiger partial charge on any atom is 0.408 e. The molecule has 2 amide bonds. The highest BCUT2D eigenvalue weighted by molar-refractivity contribution is 7.10. The average molecular weight is 622 g/mol. The molecule has 44 heavy (non-hydrogen) atoms. The van der Waals surface area contributed by atoms with Gasteiger partial charge in [-0.25, -0.2) is 14.2 Å². The summed E-state index contributed by atoms with van der Waals surface area (Å²) in [6.45, 7) is 6.11. The number of ketones is 1. The minimum atomic E-state index is -0.749. The number of nitrogens with one attached hydrogen (secondary N) is 1. The van der Waals surface area contributed by atoms with E-state index < -0.39 is 29.6 Å². The lowest BCUT2D eigenvalue weighted by Gasteiger charge is -2.34. The molecule has 8 nitrogen and oxygen atoms in total. The van der Waals surface area contributed by atoms with Crippen LogP contribution in [0.4, 0.5) is 9.18 Å². The van der Waals surface area contributed by atoms with Crippen molar-refractivity contribution in [3.63, 3.8) is 0 Å². The van der Waals surface area contributed by atoms with E-state index in [0.717, 1.165) is 37.7 Å². The second-order valence-corrected chi connectivity index (χ2v) is 13.5. The zero-order valence-corrected chi connectivity index (χ0v) is 26.3. The molecule has 10 heteroatoms. The summed E-state index contributed by atoms with van der Waals surface area (Å²) >= 11 is 1.31. The number of carbonyl (C=O) groups excluding carboxylic acids is 3. The van der Waals surface area contributed by atoms with Crippen LogP contribution in [0.1, 0.15) is 92.0 Å². The number of hydrogen-bond acceptors (Lipinski definition) is 7. The molecule has 0 radical (unpaired) electrons. The molecule has 3 atom stereocenters. The fraction of sp³-hybridized carbons (Fsp3) is 0.471. The van der Waals surface area contributed by atoms with Crippen LogP contribution in [0.2, 0.25) is 0 Å². The number of nitrogens with zero attached hydrogens (tertiary/aromatic N) is 2. The molecule has 0 unspecified atom stereocenters. The Morgan fingerprint density at radius 2 is 1.75 bits per heavy atom. The standard InChI is InChI=1S/C34H40FN3O5S/c1-34(2,3)43-33(41)37-29(23-12-8-5-9-13-23)32(40)38-19-26(42-20-22-10-6-4-7-11-22)18-28(38)31-36-27(21-44-31)30(39)24-14-16-25(35)17-15-24/h4,6-7,10-11,14-17,21,23,26,28-29H,5,8-9,12-13,18-20H2,1-3H3,(H,37,41)/t26-,28+,29+/m1/s1. The number of halogens is 1. The third kappa shape index (κ3) is 8.09. The van der Waals surface area contributed by atoms with Crippen LogP contribution in [0.3, 0.4) is 0 Å². The molecule has 0 bridgehead atoms. The molecular weight excluding hydrogens is 581 g/mol. The van der Waals surface area contributed by atoms with Gasteiger partial charge in [0.1, 0.15) is 28.2 Å². The SMILES string of the molecule is CC(C)(C)OC(=O)N[C@H](C(=O)N1C[C@H](OCc2ccccc2)C[C@H]1c1nc(C(=O)c2ccc(F)cc2)cs1)C1CCCCC1. The molecule has 2 fully saturated rings. The van der Waals surface area contributed by atoms with Gasteiger partial charge in [0.2, 0.25) is 11.7 Å². The first-order valence-corrected chi connectivity index (χ1v) is 16.2. The normalized spacial score (nSPS) is 19.9. The van der Waals surface area contributed by atoms with Crippen LogP contribution in [-0.2, 0) is 20.9 Å². The number of aromatic nitrogens is 1. The Morgan fingerprint density at radius 1 is 1.05 bits per heavy atom. The number of thiazole rings is 1. The van der Waals surface area contributed by atoms with Crippen molar-refractivity contribution >= 4 is 29.1 Å². The van der Waals surface area contributed by atoms with Gasteiger partial charge >= 0.3 is 6.09 Å². The number of alkyl carbamates (subject to hydrolysis) is 1. The molecule has 1 aromatic heterocycles. The van der Waals surface area contributed by atoms with E-state index >= 15 is 0 Å². The number of amides is 2. The van der Waals surface area contributed by atoms with Crippen LogP contribution in [0.5, 0.6) is 0 Å². The van der Waals surface area contributed by atoms with Gasteiger partial charge in [-0.05, 0) is 69.4 Å². The van der Waals surface area contributed by atoms with Gasteiger partial charge in [-0.3, -0.25) is 9.59 Å². The fourth-order valence-corrected chi connectivity index (χ4v) is 6.86. The zero-order chi connectivity index (χ0) is 31.3. The molecule has 0 spiro atoms. The van der Waals surface area contributed by atoms with Crippen molar-refractivity contribution in [1.82, 2.24) is 15.2 Å². The molecule has 1 saturated carbocycles. The van der Waals surface area contributed by atoms with Crippen LogP contribution in [0.15, 0.2) is 60.0 Å². The monoisotopic (exact) mass is 621 g/mol. The summed E-state index contributed by atoms with van der Waals surface area (Å²) in [5.74, 6) is -0.942. The highest BCUT2D eigenvalue weighted by Crippen LogP contribution is 2.38. The molecule has 1 aliphatic carbocycles. The molecule has 1 saturated heterocycles. The van der Waals surface area contributed by atoms with E-state index in [4.69, 9.17) is 9.47 Å². The van der Waals surface area contributed by atoms with Gasteiger partial charge in [0.15, 0.2) is 0 Å². The third-order valence-corrected chi connectivity index (χ3v) is 9.03. The van der Waals surface area contributed by atoms with Crippen molar-refractivity contribution < 1.29 is 28.2 Å². The number of carbonyl (C=O) groups is 3. The Bertz CT molecular complexity index is 1430. The van der Waals surface area contributed by atoms with E-state index in [9.17, 15) is 18.8 Å². The predicted molar refractivity (Wildman–Crippen MR) is 166 cm³/mol. The van der Waals surface area contributed by atoms with Crippen LogP contribution in [0.25, 0.3) is 0 Å². The Labute approximate surface area is 262 Å². The molecular formula is C34H40FN3O5S. The Morgan fingerprint density at radius 3 is 2.43 bits per heavy atom. The summed E-state index contributed by atoms with van der Waals surface area (Å²) in [7, 11) is 0. The van der Waals surface area contributed by atoms with Crippen molar-refractivity contribution in [3.05, 3.63) is 87.6 Å². The lowest BCUT2D eigenvalue weighted by atomic mass is 9.83. The van der Waals surface area contributed by atoms with Crippen LogP contribution in [0, 0.1) is 11.7 Å². The van der Waals surface area contributed by atoms with Crippen LogP contribution >= 0.6 is 11.3 Å². The van der Waals surface area contributed by atoms with Crippen molar-refractivity contribution in [2.45, 2.75) is 89.7 Å². The van der Waals surface area contributed by atoms with Gasteiger partial charge in [-0.1, -0.05) is 49.6 Å². The Balaban J connectivity index is 1.40. The summed E-state index contributed by atoms with van der Waals surface area (Å²) < 4.78 is 25.3. The van der Waals surface area contributed by atoms with E-state index in [1.165, 1.54) is 35.6 Å². The minimum Gasteiger partial charge on any atom is -0.444 e. The molecule has 234 valence electrons. The van der Waals surface area contributed by atoms with Gasteiger partial charge in [-0.2, -0.15) is 0 Å². The number of hydrogen-bond donors (Lipinski definition) is 1. The summed E-state index contributed by atoms with van der Waals surface area (Å²) in [5, 5.41) is 5.22. The van der Waals surface area contributed by atoms with Gasteiger partial charge in [0, 0.05) is 23.9 Å². The number of benzene rings is 2. The Kier molecular flexibility index (Phi) is 10.1.